The summed E-state index contributed by atoms with van der Waals surface area (Å²) in [5, 5.41) is 10.7. The number of rotatable bonds is 12. The third-order valence-electron chi connectivity index (χ3n) is 5.12. The van der Waals surface area contributed by atoms with Gasteiger partial charge in [0.25, 0.3) is 0 Å². The number of ether oxygens (including phenoxy) is 5. The van der Waals surface area contributed by atoms with Gasteiger partial charge in [-0.3, -0.25) is 10.4 Å². The van der Waals surface area contributed by atoms with Crippen molar-refractivity contribution in [3.05, 3.63) is 48.0 Å². The van der Waals surface area contributed by atoms with Gasteiger partial charge in [-0.1, -0.05) is 13.0 Å². The Hall–Kier alpha value is -3.39. The van der Waals surface area contributed by atoms with Crippen LogP contribution in [0.5, 0.6) is 28.9 Å². The van der Waals surface area contributed by atoms with Crippen LogP contribution in [0, 0.1) is 0 Å². The van der Waals surface area contributed by atoms with E-state index in [0.29, 0.717) is 17.4 Å². The maximum Gasteiger partial charge on any atom is 0.234 e. The zero-order valence-electron chi connectivity index (χ0n) is 19.2. The molecule has 2 aromatic carbocycles. The first-order valence-electron chi connectivity index (χ1n) is 10.5. The molecular weight excluding hydrogens is 410 g/mol. The first-order chi connectivity index (χ1) is 15.6. The molecule has 0 spiro atoms. The van der Waals surface area contributed by atoms with Gasteiger partial charge in [0.1, 0.15) is 0 Å². The number of hydrogen-bond acceptors (Lipinski definition) is 7. The van der Waals surface area contributed by atoms with Crippen LogP contribution < -0.4 is 29.0 Å². The van der Waals surface area contributed by atoms with Crippen LogP contribution in [0.2, 0.25) is 0 Å². The van der Waals surface area contributed by atoms with Crippen LogP contribution in [-0.2, 0) is 6.42 Å². The third-order valence-corrected chi connectivity index (χ3v) is 5.12. The summed E-state index contributed by atoms with van der Waals surface area (Å²) < 4.78 is 27.4. The molecule has 0 aliphatic rings. The van der Waals surface area contributed by atoms with Crippen LogP contribution in [0.25, 0.3) is 11.3 Å². The molecule has 0 aliphatic heterocycles. The predicted molar refractivity (Wildman–Crippen MR) is 123 cm³/mol. The van der Waals surface area contributed by atoms with Crippen LogP contribution in [0.15, 0.2) is 42.5 Å². The minimum atomic E-state index is -0.156. The summed E-state index contributed by atoms with van der Waals surface area (Å²) >= 11 is 0. The maximum absolute atomic E-state index is 6.03. The fourth-order valence-corrected chi connectivity index (χ4v) is 3.34. The molecule has 32 heavy (non-hydrogen) atoms. The first-order valence-corrected chi connectivity index (χ1v) is 10.5. The molecule has 0 amide bonds. The van der Waals surface area contributed by atoms with Crippen molar-refractivity contribution in [3.8, 4) is 40.1 Å². The van der Waals surface area contributed by atoms with Crippen LogP contribution in [0.3, 0.4) is 0 Å². The summed E-state index contributed by atoms with van der Waals surface area (Å²) in [6.45, 7) is 2.82. The molecule has 1 unspecified atom stereocenters. The summed E-state index contributed by atoms with van der Waals surface area (Å²) in [7, 11) is 6.50. The molecule has 3 aromatic rings. The third kappa shape index (κ3) is 5.64. The molecule has 0 saturated carbocycles. The normalized spacial score (nSPS) is 11.7. The van der Waals surface area contributed by atoms with Crippen molar-refractivity contribution in [3.63, 3.8) is 0 Å². The Kier molecular flexibility index (Phi) is 8.21. The Morgan fingerprint density at radius 2 is 1.50 bits per heavy atom. The van der Waals surface area contributed by atoms with Crippen LogP contribution >= 0.6 is 0 Å². The SMILES string of the molecule is CCC(NCCc1ccc(OC)c(OC)c1)Oc1cc(-c2ccc(OC)c(OC)c2)[nH]n1. The molecule has 0 fully saturated rings. The highest BCUT2D eigenvalue weighted by molar-refractivity contribution is 5.64. The smallest absolute Gasteiger partial charge is 0.234 e. The van der Waals surface area contributed by atoms with E-state index < -0.39 is 0 Å². The molecule has 0 bridgehead atoms. The highest BCUT2D eigenvalue weighted by atomic mass is 16.5. The number of aromatic nitrogens is 2. The lowest BCUT2D eigenvalue weighted by Gasteiger charge is -2.17. The number of nitrogens with zero attached hydrogens (tertiary/aromatic N) is 1. The monoisotopic (exact) mass is 441 g/mol. The number of nitrogens with one attached hydrogen (secondary N) is 2. The fourth-order valence-electron chi connectivity index (χ4n) is 3.34. The van der Waals surface area contributed by atoms with Gasteiger partial charge in [-0.05, 0) is 48.7 Å². The van der Waals surface area contributed by atoms with Crippen molar-refractivity contribution in [1.82, 2.24) is 15.5 Å². The topological polar surface area (TPSA) is 86.9 Å². The Bertz CT molecular complexity index is 1010. The van der Waals surface area contributed by atoms with Crippen molar-refractivity contribution in [2.45, 2.75) is 26.0 Å². The van der Waals surface area contributed by atoms with Crippen molar-refractivity contribution in [1.29, 1.82) is 0 Å². The lowest BCUT2D eigenvalue weighted by molar-refractivity contribution is 0.153. The second-order valence-electron chi connectivity index (χ2n) is 7.10. The van der Waals surface area contributed by atoms with Crippen LogP contribution in [0.1, 0.15) is 18.9 Å². The molecule has 1 atom stereocenters. The second kappa shape index (κ2) is 11.3. The molecule has 0 radical (unpaired) electrons. The first kappa shape index (κ1) is 23.3. The van der Waals surface area contributed by atoms with Crippen LogP contribution in [0.4, 0.5) is 0 Å². The van der Waals surface area contributed by atoms with E-state index in [4.69, 9.17) is 23.7 Å². The van der Waals surface area contributed by atoms with E-state index in [1.54, 1.807) is 28.4 Å². The minimum absolute atomic E-state index is 0.156. The van der Waals surface area contributed by atoms with Gasteiger partial charge < -0.3 is 23.7 Å². The summed E-state index contributed by atoms with van der Waals surface area (Å²) in [5.41, 5.74) is 2.92. The van der Waals surface area contributed by atoms with E-state index in [1.165, 1.54) is 0 Å². The van der Waals surface area contributed by atoms with Gasteiger partial charge in [0.05, 0.1) is 34.1 Å². The van der Waals surface area contributed by atoms with E-state index in [9.17, 15) is 0 Å². The van der Waals surface area contributed by atoms with Gasteiger partial charge in [0.15, 0.2) is 29.2 Å². The summed E-state index contributed by atoms with van der Waals surface area (Å²) in [4.78, 5) is 0. The zero-order chi connectivity index (χ0) is 22.9. The Balaban J connectivity index is 1.58. The average Bonchev–Trinajstić information content (AvgIpc) is 3.31. The van der Waals surface area contributed by atoms with Crippen molar-refractivity contribution in [2.75, 3.05) is 35.0 Å². The minimum Gasteiger partial charge on any atom is -0.493 e. The highest BCUT2D eigenvalue weighted by Crippen LogP contribution is 2.32. The van der Waals surface area contributed by atoms with Crippen molar-refractivity contribution >= 4 is 0 Å². The van der Waals surface area contributed by atoms with Gasteiger partial charge in [-0.15, -0.1) is 5.10 Å². The standard InChI is InChI=1S/C24H31N3O5/c1-6-23(25-12-11-16-7-9-19(28-2)21(13-16)30-4)32-24-15-18(26-27-24)17-8-10-20(29-3)22(14-17)31-5/h7-10,13-15,23,25H,6,11-12H2,1-5H3,(H,26,27). The average molecular weight is 442 g/mol. The zero-order valence-corrected chi connectivity index (χ0v) is 19.2. The number of aromatic amines is 1. The highest BCUT2D eigenvalue weighted by Gasteiger charge is 2.13. The van der Waals surface area contributed by atoms with E-state index in [-0.39, 0.29) is 6.23 Å². The molecule has 2 N–H and O–H groups in total. The van der Waals surface area contributed by atoms with Crippen molar-refractivity contribution < 1.29 is 23.7 Å². The molecule has 0 aliphatic carbocycles. The molecule has 0 saturated heterocycles. The Labute approximate surface area is 188 Å². The van der Waals surface area contributed by atoms with Gasteiger partial charge in [0.2, 0.25) is 5.88 Å². The number of hydrogen-bond donors (Lipinski definition) is 2. The number of H-pyrrole nitrogens is 1. The van der Waals surface area contributed by atoms with Gasteiger partial charge in [0, 0.05) is 18.2 Å². The van der Waals surface area contributed by atoms with Gasteiger partial charge >= 0.3 is 0 Å². The van der Waals surface area contributed by atoms with E-state index >= 15 is 0 Å². The van der Waals surface area contributed by atoms with E-state index in [1.807, 2.05) is 42.5 Å². The maximum atomic E-state index is 6.03. The molecule has 1 heterocycles. The molecule has 172 valence electrons. The van der Waals surface area contributed by atoms with Gasteiger partial charge in [-0.25, -0.2) is 0 Å². The van der Waals surface area contributed by atoms with E-state index in [2.05, 4.69) is 22.4 Å². The molecule has 8 nitrogen and oxygen atoms in total. The number of methoxy groups -OCH3 is 4. The number of benzene rings is 2. The van der Waals surface area contributed by atoms with Crippen molar-refractivity contribution in [2.24, 2.45) is 0 Å². The summed E-state index contributed by atoms with van der Waals surface area (Å²) in [5.74, 6) is 3.32. The second-order valence-corrected chi connectivity index (χ2v) is 7.10. The molecule has 3 rings (SSSR count). The van der Waals surface area contributed by atoms with Crippen LogP contribution in [-0.4, -0.2) is 51.4 Å². The lowest BCUT2D eigenvalue weighted by atomic mass is 10.1. The Morgan fingerprint density at radius 3 is 2.16 bits per heavy atom. The largest absolute Gasteiger partial charge is 0.493 e. The summed E-state index contributed by atoms with van der Waals surface area (Å²) in [6, 6.07) is 13.5. The summed E-state index contributed by atoms with van der Waals surface area (Å²) in [6.07, 6.45) is 1.47. The Morgan fingerprint density at radius 1 is 0.844 bits per heavy atom. The molecule has 1 aromatic heterocycles. The van der Waals surface area contributed by atoms with Gasteiger partial charge in [-0.2, -0.15) is 0 Å². The lowest BCUT2D eigenvalue weighted by Crippen LogP contribution is -2.35. The molecule has 8 heteroatoms. The fraction of sp³-hybridized carbons (Fsp3) is 0.375. The molecular formula is C24H31N3O5. The predicted octanol–water partition coefficient (Wildman–Crippen LogP) is 4.06. The quantitative estimate of drug-likeness (QED) is 0.410. The van der Waals surface area contributed by atoms with E-state index in [0.717, 1.165) is 47.7 Å².